The van der Waals surface area contributed by atoms with Crippen LogP contribution in [0.5, 0.6) is 17.2 Å². The van der Waals surface area contributed by atoms with Crippen molar-refractivity contribution in [3.63, 3.8) is 0 Å². The maximum atomic E-state index is 13.8. The van der Waals surface area contributed by atoms with Crippen LogP contribution in [0.3, 0.4) is 0 Å². The molecule has 5 heteroatoms. The molecular weight excluding hydrogens is 484 g/mol. The van der Waals surface area contributed by atoms with Crippen LogP contribution >= 0.6 is 0 Å². The molecule has 1 heterocycles. The van der Waals surface area contributed by atoms with Crippen molar-refractivity contribution in [2.45, 2.75) is 47.0 Å². The molecule has 1 N–H and O–H groups in total. The maximum Gasteiger partial charge on any atom is 0.198 e. The van der Waals surface area contributed by atoms with Crippen LogP contribution in [0.2, 0.25) is 0 Å². The average molecular weight is 517 g/mol. The SMILES string of the molecule is CC.Cc1cc(Oc2ccc(C(C)(C)C)cc2)c2c3c(nc(-c4ccccc4O)nc13)-c1ccccc1C2=O. The number of phenolic OH excluding ortho intramolecular Hbond substituents is 1. The van der Waals surface area contributed by atoms with E-state index in [-0.39, 0.29) is 16.9 Å². The van der Waals surface area contributed by atoms with Gasteiger partial charge in [0.15, 0.2) is 11.6 Å². The summed E-state index contributed by atoms with van der Waals surface area (Å²) in [6, 6.07) is 24.3. The molecule has 0 saturated carbocycles. The number of benzene rings is 4. The smallest absolute Gasteiger partial charge is 0.198 e. The normalized spacial score (nSPS) is 12.0. The number of nitrogens with zero attached hydrogens (tertiary/aromatic N) is 2. The number of hydrogen-bond donors (Lipinski definition) is 1. The van der Waals surface area contributed by atoms with E-state index in [4.69, 9.17) is 14.7 Å². The molecule has 0 spiro atoms. The molecule has 0 aliphatic heterocycles. The predicted molar refractivity (Wildman–Crippen MR) is 157 cm³/mol. The fraction of sp³-hybridized carbons (Fsp3) is 0.206. The fourth-order valence-corrected chi connectivity index (χ4v) is 4.90. The Bertz CT molecular complexity index is 1710. The van der Waals surface area contributed by atoms with Crippen molar-refractivity contribution >= 4 is 16.7 Å². The van der Waals surface area contributed by atoms with Gasteiger partial charge in [0.25, 0.3) is 0 Å². The van der Waals surface area contributed by atoms with Gasteiger partial charge in [0.05, 0.1) is 22.3 Å². The van der Waals surface area contributed by atoms with Crippen LogP contribution in [0.15, 0.2) is 78.9 Å². The second kappa shape index (κ2) is 9.99. The minimum absolute atomic E-state index is 0.0286. The molecule has 0 atom stereocenters. The van der Waals surface area contributed by atoms with Crippen molar-refractivity contribution in [3.8, 4) is 39.9 Å². The highest BCUT2D eigenvalue weighted by atomic mass is 16.5. The number of carbonyl (C=O) groups is 1. The molecule has 5 aromatic rings. The van der Waals surface area contributed by atoms with Gasteiger partial charge in [0.2, 0.25) is 0 Å². The van der Waals surface area contributed by atoms with Gasteiger partial charge in [-0.3, -0.25) is 4.79 Å². The van der Waals surface area contributed by atoms with Crippen LogP contribution < -0.4 is 4.74 Å². The van der Waals surface area contributed by atoms with E-state index in [1.165, 1.54) is 5.56 Å². The predicted octanol–water partition coefficient (Wildman–Crippen LogP) is 8.64. The molecule has 196 valence electrons. The summed E-state index contributed by atoms with van der Waals surface area (Å²) in [5, 5.41) is 11.2. The third kappa shape index (κ3) is 4.54. The highest BCUT2D eigenvalue weighted by Crippen LogP contribution is 2.45. The fourth-order valence-electron chi connectivity index (χ4n) is 4.90. The number of fused-ring (bicyclic) bond motifs is 2. The summed E-state index contributed by atoms with van der Waals surface area (Å²) in [5.41, 5.74) is 5.71. The lowest BCUT2D eigenvalue weighted by molar-refractivity contribution is 0.103. The first-order chi connectivity index (χ1) is 18.7. The van der Waals surface area contributed by atoms with Gasteiger partial charge in [-0.25, -0.2) is 9.97 Å². The van der Waals surface area contributed by atoms with Crippen molar-refractivity contribution < 1.29 is 14.6 Å². The van der Waals surface area contributed by atoms with Gasteiger partial charge in [-0.2, -0.15) is 0 Å². The van der Waals surface area contributed by atoms with Crippen molar-refractivity contribution in [2.24, 2.45) is 0 Å². The van der Waals surface area contributed by atoms with E-state index in [2.05, 4.69) is 32.9 Å². The lowest BCUT2D eigenvalue weighted by atomic mass is 9.85. The summed E-state index contributed by atoms with van der Waals surface area (Å²) in [6.07, 6.45) is 0. The molecule has 0 saturated heterocycles. The highest BCUT2D eigenvalue weighted by molar-refractivity contribution is 6.26. The van der Waals surface area contributed by atoms with E-state index in [9.17, 15) is 9.90 Å². The van der Waals surface area contributed by atoms with Gasteiger partial charge in [-0.05, 0) is 53.8 Å². The molecule has 0 fully saturated rings. The summed E-state index contributed by atoms with van der Waals surface area (Å²) in [7, 11) is 0. The average Bonchev–Trinajstić information content (AvgIpc) is 2.93. The quantitative estimate of drug-likeness (QED) is 0.255. The lowest BCUT2D eigenvalue weighted by Gasteiger charge is -2.23. The van der Waals surface area contributed by atoms with Crippen LogP contribution in [0.1, 0.15) is 61.7 Å². The molecule has 0 amide bonds. The molecule has 1 aromatic heterocycles. The number of phenols is 1. The Morgan fingerprint density at radius 1 is 0.795 bits per heavy atom. The van der Waals surface area contributed by atoms with Crippen LogP contribution in [0.25, 0.3) is 33.5 Å². The Morgan fingerprint density at radius 3 is 2.05 bits per heavy atom. The zero-order valence-electron chi connectivity index (χ0n) is 23.2. The van der Waals surface area contributed by atoms with E-state index in [0.29, 0.717) is 50.6 Å². The first-order valence-corrected chi connectivity index (χ1v) is 13.3. The highest BCUT2D eigenvalue weighted by Gasteiger charge is 2.32. The van der Waals surface area contributed by atoms with Crippen molar-refractivity contribution in [1.29, 1.82) is 0 Å². The van der Waals surface area contributed by atoms with E-state index >= 15 is 0 Å². The van der Waals surface area contributed by atoms with E-state index in [1.54, 1.807) is 18.2 Å². The number of ketones is 1. The first-order valence-electron chi connectivity index (χ1n) is 13.3. The second-order valence-electron chi connectivity index (χ2n) is 10.5. The molecule has 6 rings (SSSR count). The lowest BCUT2D eigenvalue weighted by Crippen LogP contribution is -2.14. The standard InChI is InChI=1S/C32H26N2O3.C2H6/c1-18-17-25(37-20-15-13-19(14-16-20)32(2,3)4)26-27-28(18)33-31(23-11-7-8-12-24(23)35)34-29(27)21-9-5-6-10-22(21)30(26)36;1-2/h5-17,35H,1-4H3;1-2H3. The number of rotatable bonds is 3. The van der Waals surface area contributed by atoms with Gasteiger partial charge in [0, 0.05) is 16.5 Å². The van der Waals surface area contributed by atoms with Gasteiger partial charge in [-0.15, -0.1) is 0 Å². The van der Waals surface area contributed by atoms with E-state index in [0.717, 1.165) is 11.1 Å². The van der Waals surface area contributed by atoms with Crippen molar-refractivity contribution in [2.75, 3.05) is 0 Å². The minimum atomic E-state index is -0.117. The second-order valence-corrected chi connectivity index (χ2v) is 10.5. The Hall–Kier alpha value is -4.51. The molecular formula is C34H32N2O3. The minimum Gasteiger partial charge on any atom is -0.507 e. The van der Waals surface area contributed by atoms with Gasteiger partial charge in [-0.1, -0.05) is 83.1 Å². The van der Waals surface area contributed by atoms with Crippen molar-refractivity contribution in [3.05, 3.63) is 101 Å². The number of hydrogen-bond acceptors (Lipinski definition) is 5. The molecule has 0 unspecified atom stereocenters. The molecule has 1 aliphatic rings. The number of aryl methyl sites for hydroxylation is 1. The molecule has 4 aromatic carbocycles. The molecule has 0 radical (unpaired) electrons. The number of aromatic nitrogens is 2. The topological polar surface area (TPSA) is 72.3 Å². The zero-order valence-corrected chi connectivity index (χ0v) is 23.2. The summed E-state index contributed by atoms with van der Waals surface area (Å²) in [6.45, 7) is 12.5. The number of ether oxygens (including phenoxy) is 1. The van der Waals surface area contributed by atoms with Crippen LogP contribution in [-0.4, -0.2) is 20.9 Å². The summed E-state index contributed by atoms with van der Waals surface area (Å²) < 4.78 is 6.35. The Labute approximate surface area is 229 Å². The Balaban J connectivity index is 0.00000151. The van der Waals surface area contributed by atoms with Crippen LogP contribution in [0, 0.1) is 6.92 Å². The maximum absolute atomic E-state index is 13.8. The summed E-state index contributed by atoms with van der Waals surface area (Å²) >= 11 is 0. The third-order valence-corrected chi connectivity index (χ3v) is 6.87. The Morgan fingerprint density at radius 2 is 1.41 bits per heavy atom. The first kappa shape index (κ1) is 26.1. The number of carbonyl (C=O) groups excluding carboxylic acids is 1. The summed E-state index contributed by atoms with van der Waals surface area (Å²) in [4.78, 5) is 23.5. The van der Waals surface area contributed by atoms with Gasteiger partial charge >= 0.3 is 0 Å². The molecule has 0 bridgehead atoms. The number of para-hydroxylation sites is 1. The zero-order chi connectivity index (χ0) is 27.9. The van der Waals surface area contributed by atoms with Crippen LogP contribution in [-0.2, 0) is 5.41 Å². The molecule has 39 heavy (non-hydrogen) atoms. The largest absolute Gasteiger partial charge is 0.507 e. The summed E-state index contributed by atoms with van der Waals surface area (Å²) in [5.74, 6) is 1.53. The number of aromatic hydroxyl groups is 1. The third-order valence-electron chi connectivity index (χ3n) is 6.87. The molecule has 5 nitrogen and oxygen atoms in total. The van der Waals surface area contributed by atoms with Gasteiger partial charge < -0.3 is 9.84 Å². The molecule has 1 aliphatic carbocycles. The van der Waals surface area contributed by atoms with E-state index in [1.807, 2.05) is 69.3 Å². The van der Waals surface area contributed by atoms with Crippen LogP contribution in [0.4, 0.5) is 0 Å². The monoisotopic (exact) mass is 516 g/mol. The van der Waals surface area contributed by atoms with Gasteiger partial charge in [0.1, 0.15) is 17.2 Å². The van der Waals surface area contributed by atoms with E-state index < -0.39 is 0 Å². The Kier molecular flexibility index (Phi) is 6.69. The van der Waals surface area contributed by atoms with Crippen molar-refractivity contribution in [1.82, 2.24) is 9.97 Å².